The lowest BCUT2D eigenvalue weighted by atomic mass is 10.1. The molecule has 0 atom stereocenters. The molecule has 4 rings (SSSR count). The minimum absolute atomic E-state index is 0.165. The van der Waals surface area contributed by atoms with Crippen LogP contribution in [0.5, 0.6) is 11.5 Å². The summed E-state index contributed by atoms with van der Waals surface area (Å²) in [7, 11) is 0. The first-order chi connectivity index (χ1) is 15.6. The summed E-state index contributed by atoms with van der Waals surface area (Å²) in [5.41, 5.74) is 3.96. The van der Waals surface area contributed by atoms with Gasteiger partial charge in [-0.25, -0.2) is 4.99 Å². The number of hydrogen-bond donors (Lipinski definition) is 0. The third-order valence-electron chi connectivity index (χ3n) is 5.13. The minimum Gasteiger partial charge on any atom is -0.490 e. The number of ether oxygens (including phenoxy) is 2. The average Bonchev–Trinajstić information content (AvgIpc) is 3.12. The molecule has 1 aliphatic heterocycles. The monoisotopic (exact) mass is 426 g/mol. The number of aryl methyl sites for hydroxylation is 1. The molecule has 0 aliphatic carbocycles. The Morgan fingerprint density at radius 3 is 2.28 bits per heavy atom. The first-order valence-corrected chi connectivity index (χ1v) is 10.8. The quantitative estimate of drug-likeness (QED) is 0.460. The maximum absolute atomic E-state index is 13.5. The SMILES string of the molecule is CCOc1ccc(/C=C2/N=C(c3ccccc3C)N(c3ccccc3)C2=O)cc1OCC. The molecule has 0 saturated heterocycles. The molecular weight excluding hydrogens is 400 g/mol. The summed E-state index contributed by atoms with van der Waals surface area (Å²) in [5.74, 6) is 1.80. The third kappa shape index (κ3) is 4.28. The zero-order valence-corrected chi connectivity index (χ0v) is 18.5. The van der Waals surface area contributed by atoms with Gasteiger partial charge in [0.2, 0.25) is 0 Å². The second kappa shape index (κ2) is 9.52. The second-order valence-electron chi connectivity index (χ2n) is 7.33. The molecule has 0 bridgehead atoms. The zero-order chi connectivity index (χ0) is 22.5. The van der Waals surface area contributed by atoms with Gasteiger partial charge in [0.15, 0.2) is 11.5 Å². The van der Waals surface area contributed by atoms with Crippen molar-refractivity contribution in [3.05, 3.63) is 95.2 Å². The number of carbonyl (C=O) groups excluding carboxylic acids is 1. The number of aliphatic imine (C=N–C) groups is 1. The molecular formula is C27H26N2O3. The van der Waals surface area contributed by atoms with Crippen LogP contribution in [0.25, 0.3) is 6.08 Å². The van der Waals surface area contributed by atoms with Crippen LogP contribution >= 0.6 is 0 Å². The van der Waals surface area contributed by atoms with E-state index in [-0.39, 0.29) is 5.91 Å². The molecule has 0 aromatic heterocycles. The van der Waals surface area contributed by atoms with Gasteiger partial charge in [0.1, 0.15) is 11.5 Å². The molecule has 5 heteroatoms. The van der Waals surface area contributed by atoms with E-state index in [2.05, 4.69) is 0 Å². The maximum atomic E-state index is 13.5. The molecule has 0 N–H and O–H groups in total. The third-order valence-corrected chi connectivity index (χ3v) is 5.13. The predicted octanol–water partition coefficient (Wildman–Crippen LogP) is 5.63. The normalized spacial score (nSPS) is 14.6. The van der Waals surface area contributed by atoms with E-state index in [1.54, 1.807) is 11.0 Å². The van der Waals surface area contributed by atoms with Crippen molar-refractivity contribution in [2.45, 2.75) is 20.8 Å². The molecule has 1 amide bonds. The van der Waals surface area contributed by atoms with E-state index < -0.39 is 0 Å². The number of amides is 1. The van der Waals surface area contributed by atoms with Crippen LogP contribution in [-0.2, 0) is 4.79 Å². The lowest BCUT2D eigenvalue weighted by molar-refractivity contribution is -0.113. The Labute approximate surface area is 188 Å². The number of carbonyl (C=O) groups is 1. The Kier molecular flexibility index (Phi) is 6.36. The van der Waals surface area contributed by atoms with Crippen molar-refractivity contribution in [3.63, 3.8) is 0 Å². The molecule has 1 heterocycles. The maximum Gasteiger partial charge on any atom is 0.282 e. The van der Waals surface area contributed by atoms with Gasteiger partial charge in [-0.05, 0) is 62.2 Å². The molecule has 0 fully saturated rings. The molecule has 1 aliphatic rings. The van der Waals surface area contributed by atoms with Crippen LogP contribution in [0.3, 0.4) is 0 Å². The van der Waals surface area contributed by atoms with Gasteiger partial charge >= 0.3 is 0 Å². The van der Waals surface area contributed by atoms with E-state index >= 15 is 0 Å². The summed E-state index contributed by atoms with van der Waals surface area (Å²) >= 11 is 0. The summed E-state index contributed by atoms with van der Waals surface area (Å²) in [5, 5.41) is 0. The van der Waals surface area contributed by atoms with Gasteiger partial charge in [0, 0.05) is 5.56 Å². The van der Waals surface area contributed by atoms with Gasteiger partial charge in [0.25, 0.3) is 5.91 Å². The summed E-state index contributed by atoms with van der Waals surface area (Å²) in [4.78, 5) is 19.9. The number of benzene rings is 3. The Bertz CT molecular complexity index is 1180. The van der Waals surface area contributed by atoms with E-state index in [1.807, 2.05) is 93.6 Å². The highest BCUT2D eigenvalue weighted by molar-refractivity contribution is 6.33. The topological polar surface area (TPSA) is 51.1 Å². The Morgan fingerprint density at radius 1 is 0.875 bits per heavy atom. The van der Waals surface area contributed by atoms with Gasteiger partial charge in [-0.2, -0.15) is 0 Å². The largest absolute Gasteiger partial charge is 0.490 e. The number of nitrogens with zero attached hydrogens (tertiary/aromatic N) is 2. The standard InChI is InChI=1S/C27H26N2O3/c1-4-31-24-16-15-20(18-25(24)32-5-2)17-23-27(30)29(21-12-7-6-8-13-21)26(28-23)22-14-10-9-11-19(22)3/h6-18H,4-5H2,1-3H3/b23-17+. The van der Waals surface area contributed by atoms with Crippen LogP contribution in [0.2, 0.25) is 0 Å². The fraction of sp³-hybridized carbons (Fsp3) is 0.185. The van der Waals surface area contributed by atoms with Gasteiger partial charge in [-0.1, -0.05) is 48.5 Å². The van der Waals surface area contributed by atoms with Gasteiger partial charge < -0.3 is 9.47 Å². The van der Waals surface area contributed by atoms with Gasteiger partial charge in [-0.15, -0.1) is 0 Å². The highest BCUT2D eigenvalue weighted by Crippen LogP contribution is 2.32. The summed E-state index contributed by atoms with van der Waals surface area (Å²) in [6.07, 6.45) is 1.79. The van der Waals surface area contributed by atoms with Crippen molar-refractivity contribution in [1.82, 2.24) is 0 Å². The highest BCUT2D eigenvalue weighted by atomic mass is 16.5. The molecule has 32 heavy (non-hydrogen) atoms. The number of amidine groups is 1. The van der Waals surface area contributed by atoms with Crippen molar-refractivity contribution in [2.75, 3.05) is 18.1 Å². The van der Waals surface area contributed by atoms with Crippen molar-refractivity contribution in [1.29, 1.82) is 0 Å². The summed E-state index contributed by atoms with van der Waals surface area (Å²) < 4.78 is 11.4. The predicted molar refractivity (Wildman–Crippen MR) is 128 cm³/mol. The van der Waals surface area contributed by atoms with E-state index in [4.69, 9.17) is 14.5 Å². The summed E-state index contributed by atoms with van der Waals surface area (Å²) in [6.45, 7) is 6.96. The zero-order valence-electron chi connectivity index (χ0n) is 18.5. The molecule has 0 spiro atoms. The van der Waals surface area contributed by atoms with Crippen LogP contribution in [0.1, 0.15) is 30.5 Å². The van der Waals surface area contributed by atoms with Crippen LogP contribution in [-0.4, -0.2) is 25.0 Å². The molecule has 0 unspecified atom stereocenters. The van der Waals surface area contributed by atoms with E-state index in [1.165, 1.54) is 0 Å². The first-order valence-electron chi connectivity index (χ1n) is 10.8. The molecule has 3 aromatic rings. The molecule has 0 saturated carbocycles. The average molecular weight is 427 g/mol. The van der Waals surface area contributed by atoms with Crippen molar-refractivity contribution < 1.29 is 14.3 Å². The smallest absolute Gasteiger partial charge is 0.282 e. The van der Waals surface area contributed by atoms with Crippen molar-refractivity contribution >= 4 is 23.5 Å². The Morgan fingerprint density at radius 2 is 1.56 bits per heavy atom. The number of hydrogen-bond acceptors (Lipinski definition) is 4. The number of rotatable bonds is 7. The second-order valence-corrected chi connectivity index (χ2v) is 7.33. The minimum atomic E-state index is -0.165. The van der Waals surface area contributed by atoms with Crippen LogP contribution in [0.4, 0.5) is 5.69 Å². The van der Waals surface area contributed by atoms with E-state index in [0.717, 1.165) is 22.4 Å². The molecule has 162 valence electrons. The molecule has 0 radical (unpaired) electrons. The Balaban J connectivity index is 1.79. The summed E-state index contributed by atoms with van der Waals surface area (Å²) in [6, 6.07) is 23.2. The van der Waals surface area contributed by atoms with Gasteiger partial charge in [-0.3, -0.25) is 9.69 Å². The fourth-order valence-corrected chi connectivity index (χ4v) is 3.65. The fourth-order valence-electron chi connectivity index (χ4n) is 3.65. The lowest BCUT2D eigenvalue weighted by Crippen LogP contribution is -2.33. The van der Waals surface area contributed by atoms with E-state index in [0.29, 0.717) is 36.2 Å². The lowest BCUT2D eigenvalue weighted by Gasteiger charge is -2.19. The van der Waals surface area contributed by atoms with Crippen molar-refractivity contribution in [2.24, 2.45) is 4.99 Å². The van der Waals surface area contributed by atoms with Crippen LogP contribution in [0.15, 0.2) is 83.5 Å². The highest BCUT2D eigenvalue weighted by Gasteiger charge is 2.33. The Hall–Kier alpha value is -3.86. The number of para-hydroxylation sites is 1. The molecule has 3 aromatic carbocycles. The van der Waals surface area contributed by atoms with Crippen LogP contribution in [0, 0.1) is 6.92 Å². The number of anilines is 1. The van der Waals surface area contributed by atoms with Crippen LogP contribution < -0.4 is 14.4 Å². The van der Waals surface area contributed by atoms with Crippen molar-refractivity contribution in [3.8, 4) is 11.5 Å². The molecule has 5 nitrogen and oxygen atoms in total. The first kappa shape index (κ1) is 21.4. The van der Waals surface area contributed by atoms with E-state index in [9.17, 15) is 4.79 Å². The van der Waals surface area contributed by atoms with Gasteiger partial charge in [0.05, 0.1) is 18.9 Å².